The van der Waals surface area contributed by atoms with E-state index in [1.807, 2.05) is 70.3 Å². The third-order valence-corrected chi connectivity index (χ3v) is 7.33. The van der Waals surface area contributed by atoms with Crippen molar-refractivity contribution in [1.29, 1.82) is 0 Å². The lowest BCUT2D eigenvalue weighted by Crippen LogP contribution is -2.57. The number of nitrogens with zero attached hydrogens (tertiary/aromatic N) is 2. The molecule has 4 N–H and O–H groups in total. The second kappa shape index (κ2) is 8.59. The van der Waals surface area contributed by atoms with Crippen molar-refractivity contribution in [3.05, 3.63) is 54.4 Å². The normalized spacial score (nSPS) is 21.6. The number of alkyl carbamates (subject to hydrolysis) is 1. The predicted octanol–water partition coefficient (Wildman–Crippen LogP) is 4.98. The van der Waals surface area contributed by atoms with Crippen LogP contribution in [0.25, 0.3) is 16.6 Å². The van der Waals surface area contributed by atoms with Gasteiger partial charge in [0.2, 0.25) is 0 Å². The molecule has 186 valence electrons. The van der Waals surface area contributed by atoms with Gasteiger partial charge in [-0.1, -0.05) is 44.2 Å². The van der Waals surface area contributed by atoms with Crippen LogP contribution in [0.3, 0.4) is 0 Å². The number of ether oxygens (including phenoxy) is 1. The van der Waals surface area contributed by atoms with Crippen LogP contribution in [-0.4, -0.2) is 38.8 Å². The van der Waals surface area contributed by atoms with E-state index in [2.05, 4.69) is 29.6 Å². The van der Waals surface area contributed by atoms with Crippen LogP contribution in [0.1, 0.15) is 64.7 Å². The van der Waals surface area contributed by atoms with Gasteiger partial charge in [-0.25, -0.2) is 9.31 Å². The highest BCUT2D eigenvalue weighted by atomic mass is 16.6. The molecule has 1 aromatic carbocycles. The molecular formula is C27H35N5O3. The summed E-state index contributed by atoms with van der Waals surface area (Å²) in [5.74, 6) is -0.546. The quantitative estimate of drug-likeness (QED) is 0.480. The van der Waals surface area contributed by atoms with Crippen molar-refractivity contribution >= 4 is 23.2 Å². The maximum Gasteiger partial charge on any atom is 0.408 e. The first kappa shape index (κ1) is 24.6. The number of rotatable bonds is 5. The molecule has 8 nitrogen and oxygen atoms in total. The van der Waals surface area contributed by atoms with Gasteiger partial charge in [0, 0.05) is 28.8 Å². The van der Waals surface area contributed by atoms with Crippen LogP contribution < -0.4 is 16.4 Å². The molecule has 35 heavy (non-hydrogen) atoms. The van der Waals surface area contributed by atoms with Crippen LogP contribution in [0.4, 0.5) is 10.5 Å². The number of anilines is 1. The highest BCUT2D eigenvalue weighted by Gasteiger charge is 2.53. The lowest BCUT2D eigenvalue weighted by molar-refractivity contribution is 0.0382. The minimum atomic E-state index is -0.578. The molecule has 1 saturated carbocycles. The number of benzene rings is 1. The zero-order chi connectivity index (χ0) is 25.6. The van der Waals surface area contributed by atoms with Crippen molar-refractivity contribution in [2.75, 3.05) is 5.32 Å². The summed E-state index contributed by atoms with van der Waals surface area (Å²) in [7, 11) is 0. The Labute approximate surface area is 206 Å². The molecule has 1 aliphatic rings. The zero-order valence-electron chi connectivity index (χ0n) is 21.3. The molecule has 2 aromatic heterocycles. The summed E-state index contributed by atoms with van der Waals surface area (Å²) in [4.78, 5) is 24.9. The maximum atomic E-state index is 12.6. The van der Waals surface area contributed by atoms with Crippen LogP contribution in [0.5, 0.6) is 0 Å². The first-order chi connectivity index (χ1) is 16.3. The van der Waals surface area contributed by atoms with Gasteiger partial charge in [-0.05, 0) is 52.2 Å². The fourth-order valence-electron chi connectivity index (χ4n) is 4.86. The first-order valence-electron chi connectivity index (χ1n) is 11.9. The van der Waals surface area contributed by atoms with Crippen LogP contribution in [0, 0.1) is 5.41 Å². The Morgan fingerprint density at radius 3 is 2.46 bits per heavy atom. The van der Waals surface area contributed by atoms with E-state index in [-0.39, 0.29) is 11.5 Å². The Bertz CT molecular complexity index is 1260. The lowest BCUT2D eigenvalue weighted by Gasteiger charge is -2.42. The van der Waals surface area contributed by atoms with Crippen molar-refractivity contribution in [2.45, 2.75) is 71.6 Å². The van der Waals surface area contributed by atoms with Gasteiger partial charge in [0.15, 0.2) is 0 Å². The summed E-state index contributed by atoms with van der Waals surface area (Å²) in [6.45, 7) is 11.8. The lowest BCUT2D eigenvalue weighted by atomic mass is 9.74. The molecule has 1 aliphatic carbocycles. The van der Waals surface area contributed by atoms with Crippen molar-refractivity contribution in [1.82, 2.24) is 14.9 Å². The average Bonchev–Trinajstić information content (AvgIpc) is 3.28. The Balaban J connectivity index is 1.68. The Hall–Kier alpha value is -3.55. The number of amides is 2. The molecule has 2 atom stereocenters. The molecule has 0 saturated heterocycles. The summed E-state index contributed by atoms with van der Waals surface area (Å²) in [5.41, 5.74) is 8.08. The topological polar surface area (TPSA) is 111 Å². The van der Waals surface area contributed by atoms with Crippen molar-refractivity contribution in [3.63, 3.8) is 0 Å². The van der Waals surface area contributed by atoms with E-state index in [1.165, 1.54) is 6.20 Å². The molecule has 0 bridgehead atoms. The minimum absolute atomic E-state index is 0.0400. The van der Waals surface area contributed by atoms with Gasteiger partial charge in [0.1, 0.15) is 5.60 Å². The van der Waals surface area contributed by atoms with Crippen molar-refractivity contribution in [3.8, 4) is 11.1 Å². The summed E-state index contributed by atoms with van der Waals surface area (Å²) in [6, 6.07) is 12.0. The monoisotopic (exact) mass is 477 g/mol. The van der Waals surface area contributed by atoms with Crippen molar-refractivity contribution < 1.29 is 14.3 Å². The number of carbonyl (C=O) groups is 2. The number of hydrogen-bond acceptors (Lipinski definition) is 5. The molecular weight excluding hydrogens is 442 g/mol. The summed E-state index contributed by atoms with van der Waals surface area (Å²) in [5, 5.41) is 11.1. The van der Waals surface area contributed by atoms with Gasteiger partial charge in [0.05, 0.1) is 23.0 Å². The molecule has 0 aliphatic heterocycles. The van der Waals surface area contributed by atoms with E-state index in [1.54, 1.807) is 4.52 Å². The average molecular weight is 478 g/mol. The molecule has 2 heterocycles. The summed E-state index contributed by atoms with van der Waals surface area (Å²) >= 11 is 0. The van der Waals surface area contributed by atoms with Gasteiger partial charge >= 0.3 is 6.09 Å². The standard InChI is InChI=1S/C27H35N5O3/c1-25(2,3)35-24(34)31-27(6)13-12-21(26(27,4)5)30-22-19(23(28)33)15-29-32-16-18(14-20(22)32)17-10-8-7-9-11-17/h7-11,14-16,21,30H,12-13H2,1-6H3,(H2,28,33)(H,31,34)/t21-,27+/m1/s1. The van der Waals surface area contributed by atoms with Crippen LogP contribution in [0.15, 0.2) is 48.8 Å². The zero-order valence-corrected chi connectivity index (χ0v) is 21.3. The van der Waals surface area contributed by atoms with Gasteiger partial charge in [-0.2, -0.15) is 5.10 Å². The Morgan fingerprint density at radius 1 is 1.14 bits per heavy atom. The van der Waals surface area contributed by atoms with Crippen LogP contribution >= 0.6 is 0 Å². The number of nitrogens with one attached hydrogen (secondary N) is 2. The summed E-state index contributed by atoms with van der Waals surface area (Å²) < 4.78 is 7.28. The second-order valence-electron chi connectivity index (χ2n) is 11.1. The smallest absolute Gasteiger partial charge is 0.408 e. The highest BCUT2D eigenvalue weighted by molar-refractivity contribution is 6.02. The number of fused-ring (bicyclic) bond motifs is 1. The second-order valence-corrected chi connectivity index (χ2v) is 11.1. The van der Waals surface area contributed by atoms with Gasteiger partial charge in [0.25, 0.3) is 5.91 Å². The van der Waals surface area contributed by atoms with Crippen molar-refractivity contribution in [2.24, 2.45) is 11.1 Å². The van der Waals surface area contributed by atoms with E-state index in [9.17, 15) is 9.59 Å². The maximum absolute atomic E-state index is 12.6. The third kappa shape index (κ3) is 4.70. The first-order valence-corrected chi connectivity index (χ1v) is 11.9. The van der Waals surface area contributed by atoms with E-state index < -0.39 is 23.1 Å². The molecule has 1 fully saturated rings. The SMILES string of the molecule is CC(C)(C)OC(=O)N[C@@]1(C)CC[C@@H](Nc2c(C(N)=O)cnn3cc(-c4ccccc4)cc23)C1(C)C. The largest absolute Gasteiger partial charge is 0.444 e. The van der Waals surface area contributed by atoms with E-state index in [0.717, 1.165) is 29.5 Å². The van der Waals surface area contributed by atoms with Crippen LogP contribution in [-0.2, 0) is 4.74 Å². The molecule has 2 amide bonds. The fourth-order valence-corrected chi connectivity index (χ4v) is 4.86. The molecule has 0 radical (unpaired) electrons. The molecule has 0 unspecified atom stereocenters. The number of carbonyl (C=O) groups excluding carboxylic acids is 2. The van der Waals surface area contributed by atoms with E-state index in [0.29, 0.717) is 11.3 Å². The molecule has 8 heteroatoms. The Morgan fingerprint density at radius 2 is 1.83 bits per heavy atom. The Kier molecular flexibility index (Phi) is 6.03. The van der Waals surface area contributed by atoms with Gasteiger partial charge < -0.3 is 21.1 Å². The predicted molar refractivity (Wildman–Crippen MR) is 137 cm³/mol. The number of hydrogen-bond donors (Lipinski definition) is 3. The highest BCUT2D eigenvalue weighted by Crippen LogP contribution is 2.48. The molecule has 4 rings (SSSR count). The van der Waals surface area contributed by atoms with E-state index >= 15 is 0 Å². The fraction of sp³-hybridized carbons (Fsp3) is 0.444. The summed E-state index contributed by atoms with van der Waals surface area (Å²) in [6.07, 6.45) is 4.55. The van der Waals surface area contributed by atoms with Crippen LogP contribution in [0.2, 0.25) is 0 Å². The van der Waals surface area contributed by atoms with Gasteiger partial charge in [-0.3, -0.25) is 4.79 Å². The minimum Gasteiger partial charge on any atom is -0.444 e. The molecule has 3 aromatic rings. The third-order valence-electron chi connectivity index (χ3n) is 7.33. The number of nitrogens with two attached hydrogens (primary N) is 1. The van der Waals surface area contributed by atoms with E-state index in [4.69, 9.17) is 10.5 Å². The number of aromatic nitrogens is 2. The van der Waals surface area contributed by atoms with Gasteiger partial charge in [-0.15, -0.1) is 0 Å². The molecule has 0 spiro atoms. The number of primary amides is 1.